The molecule has 1 saturated carbocycles. The Morgan fingerprint density at radius 2 is 1.90 bits per heavy atom. The molecular formula is C14H23N3O3. The van der Waals surface area contributed by atoms with Gasteiger partial charge in [0.15, 0.2) is 0 Å². The van der Waals surface area contributed by atoms with E-state index in [4.69, 9.17) is 0 Å². The van der Waals surface area contributed by atoms with Crippen molar-refractivity contribution in [2.75, 3.05) is 20.6 Å². The zero-order valence-electron chi connectivity index (χ0n) is 12.2. The summed E-state index contributed by atoms with van der Waals surface area (Å²) in [6, 6.07) is -0.464. The van der Waals surface area contributed by atoms with Gasteiger partial charge in [0.25, 0.3) is 0 Å². The first-order valence-electron chi connectivity index (χ1n) is 7.30. The van der Waals surface area contributed by atoms with Crippen LogP contribution in [0.25, 0.3) is 0 Å². The lowest BCUT2D eigenvalue weighted by Gasteiger charge is -2.29. The first kappa shape index (κ1) is 15.0. The predicted octanol–water partition coefficient (Wildman–Crippen LogP) is 0.124. The summed E-state index contributed by atoms with van der Waals surface area (Å²) in [5, 5.41) is 2.91. The molecule has 0 spiro atoms. The number of carbonyl (C=O) groups is 3. The number of rotatable bonds is 4. The fourth-order valence-electron chi connectivity index (χ4n) is 2.90. The van der Waals surface area contributed by atoms with Crippen LogP contribution >= 0.6 is 0 Å². The highest BCUT2D eigenvalue weighted by molar-refractivity contribution is 6.06. The van der Waals surface area contributed by atoms with Crippen LogP contribution in [-0.2, 0) is 14.4 Å². The van der Waals surface area contributed by atoms with Crippen molar-refractivity contribution in [2.45, 2.75) is 50.6 Å². The average Bonchev–Trinajstić information content (AvgIpc) is 2.71. The van der Waals surface area contributed by atoms with Gasteiger partial charge in [-0.3, -0.25) is 24.6 Å². The van der Waals surface area contributed by atoms with Gasteiger partial charge in [-0.1, -0.05) is 19.3 Å². The van der Waals surface area contributed by atoms with Crippen molar-refractivity contribution in [1.82, 2.24) is 15.1 Å². The van der Waals surface area contributed by atoms with Crippen molar-refractivity contribution in [2.24, 2.45) is 0 Å². The van der Waals surface area contributed by atoms with Gasteiger partial charge in [0.05, 0.1) is 19.0 Å². The molecule has 2 fully saturated rings. The monoisotopic (exact) mass is 281 g/mol. The van der Waals surface area contributed by atoms with E-state index < -0.39 is 6.04 Å². The molecule has 1 aliphatic heterocycles. The van der Waals surface area contributed by atoms with Gasteiger partial charge < -0.3 is 4.90 Å². The van der Waals surface area contributed by atoms with Crippen LogP contribution in [0.2, 0.25) is 0 Å². The third-order valence-electron chi connectivity index (χ3n) is 4.12. The SMILES string of the molecule is CN(C)C(=O)CNC1CC(=O)N(C2CCCCC2)C1=O. The third-order valence-corrected chi connectivity index (χ3v) is 4.12. The molecule has 1 atom stereocenters. The molecule has 2 aliphatic rings. The molecule has 3 amide bonds. The van der Waals surface area contributed by atoms with Crippen LogP contribution in [0.4, 0.5) is 0 Å². The van der Waals surface area contributed by atoms with E-state index in [1.807, 2.05) is 0 Å². The van der Waals surface area contributed by atoms with Gasteiger partial charge in [-0.15, -0.1) is 0 Å². The van der Waals surface area contributed by atoms with Crippen molar-refractivity contribution in [3.63, 3.8) is 0 Å². The predicted molar refractivity (Wildman–Crippen MR) is 73.8 cm³/mol. The first-order chi connectivity index (χ1) is 9.50. The standard InChI is InChI=1S/C14H23N3O3/c1-16(2)13(19)9-15-11-8-12(18)17(14(11)20)10-6-4-3-5-7-10/h10-11,15H,3-9H2,1-2H3. The van der Waals surface area contributed by atoms with Crippen molar-refractivity contribution >= 4 is 17.7 Å². The maximum atomic E-state index is 12.3. The summed E-state index contributed by atoms with van der Waals surface area (Å²) in [7, 11) is 3.33. The van der Waals surface area contributed by atoms with Gasteiger partial charge >= 0.3 is 0 Å². The van der Waals surface area contributed by atoms with Crippen molar-refractivity contribution in [1.29, 1.82) is 0 Å². The number of nitrogens with one attached hydrogen (secondary N) is 1. The van der Waals surface area contributed by atoms with E-state index in [-0.39, 0.29) is 36.7 Å². The number of imide groups is 1. The zero-order chi connectivity index (χ0) is 14.7. The van der Waals surface area contributed by atoms with Crippen molar-refractivity contribution < 1.29 is 14.4 Å². The van der Waals surface area contributed by atoms with Gasteiger partial charge in [0, 0.05) is 20.1 Å². The highest BCUT2D eigenvalue weighted by atomic mass is 16.2. The Kier molecular flexibility index (Phi) is 4.75. The van der Waals surface area contributed by atoms with Gasteiger partial charge in [-0.2, -0.15) is 0 Å². The lowest BCUT2D eigenvalue weighted by Crippen LogP contribution is -2.46. The summed E-state index contributed by atoms with van der Waals surface area (Å²) in [5.41, 5.74) is 0. The summed E-state index contributed by atoms with van der Waals surface area (Å²) in [4.78, 5) is 38.8. The lowest BCUT2D eigenvalue weighted by molar-refractivity contribution is -0.142. The highest BCUT2D eigenvalue weighted by Crippen LogP contribution is 2.27. The minimum Gasteiger partial charge on any atom is -0.348 e. The Bertz CT molecular complexity index is 402. The van der Waals surface area contributed by atoms with Crippen molar-refractivity contribution in [3.8, 4) is 0 Å². The summed E-state index contributed by atoms with van der Waals surface area (Å²) < 4.78 is 0. The van der Waals surface area contributed by atoms with E-state index in [9.17, 15) is 14.4 Å². The first-order valence-corrected chi connectivity index (χ1v) is 7.30. The lowest BCUT2D eigenvalue weighted by atomic mass is 9.94. The van der Waals surface area contributed by atoms with Gasteiger partial charge in [-0.25, -0.2) is 0 Å². The van der Waals surface area contributed by atoms with Crippen LogP contribution in [0.1, 0.15) is 38.5 Å². The quantitative estimate of drug-likeness (QED) is 0.743. The number of likely N-dealkylation sites (tertiary alicyclic amines) is 1. The van der Waals surface area contributed by atoms with Crippen LogP contribution in [-0.4, -0.2) is 60.2 Å². The molecule has 0 radical (unpaired) electrons. The second-order valence-electron chi connectivity index (χ2n) is 5.82. The number of hydrogen-bond acceptors (Lipinski definition) is 4. The summed E-state index contributed by atoms with van der Waals surface area (Å²) in [6.07, 6.45) is 5.36. The summed E-state index contributed by atoms with van der Waals surface area (Å²) in [5.74, 6) is -0.355. The molecule has 0 aromatic carbocycles. The largest absolute Gasteiger partial charge is 0.348 e. The molecular weight excluding hydrogens is 258 g/mol. The average molecular weight is 281 g/mol. The van der Waals surface area contributed by atoms with Gasteiger partial charge in [0.2, 0.25) is 17.7 Å². The Morgan fingerprint density at radius 3 is 2.50 bits per heavy atom. The van der Waals surface area contributed by atoms with Gasteiger partial charge in [0.1, 0.15) is 0 Å². The Labute approximate surface area is 119 Å². The number of amides is 3. The molecule has 20 heavy (non-hydrogen) atoms. The van der Waals surface area contributed by atoms with Crippen LogP contribution in [0.3, 0.4) is 0 Å². The Morgan fingerprint density at radius 1 is 1.25 bits per heavy atom. The molecule has 1 heterocycles. The minimum atomic E-state index is -0.534. The fraction of sp³-hybridized carbons (Fsp3) is 0.786. The van der Waals surface area contributed by atoms with Crippen LogP contribution < -0.4 is 5.32 Å². The molecule has 0 bridgehead atoms. The molecule has 6 nitrogen and oxygen atoms in total. The van der Waals surface area contributed by atoms with E-state index in [0.29, 0.717) is 0 Å². The van der Waals surface area contributed by atoms with E-state index in [2.05, 4.69) is 5.32 Å². The van der Waals surface area contributed by atoms with E-state index in [1.54, 1.807) is 14.1 Å². The summed E-state index contributed by atoms with van der Waals surface area (Å²) in [6.45, 7) is 0.0925. The Balaban J connectivity index is 1.92. The normalized spacial score (nSPS) is 24.3. The number of likely N-dealkylation sites (N-methyl/N-ethyl adjacent to an activating group) is 1. The summed E-state index contributed by atoms with van der Waals surface area (Å²) >= 11 is 0. The maximum Gasteiger partial charge on any atom is 0.247 e. The fourth-order valence-corrected chi connectivity index (χ4v) is 2.90. The van der Waals surface area contributed by atoms with E-state index in [1.165, 1.54) is 16.2 Å². The van der Waals surface area contributed by atoms with E-state index >= 15 is 0 Å². The highest BCUT2D eigenvalue weighted by Gasteiger charge is 2.42. The van der Waals surface area contributed by atoms with Crippen LogP contribution in [0.5, 0.6) is 0 Å². The maximum absolute atomic E-state index is 12.3. The molecule has 112 valence electrons. The van der Waals surface area contributed by atoms with Crippen LogP contribution in [0, 0.1) is 0 Å². The molecule has 0 aromatic rings. The smallest absolute Gasteiger partial charge is 0.247 e. The molecule has 2 rings (SSSR count). The second-order valence-corrected chi connectivity index (χ2v) is 5.82. The Hall–Kier alpha value is -1.43. The van der Waals surface area contributed by atoms with Crippen molar-refractivity contribution in [3.05, 3.63) is 0 Å². The zero-order valence-corrected chi connectivity index (χ0v) is 12.2. The topological polar surface area (TPSA) is 69.7 Å². The van der Waals surface area contributed by atoms with Gasteiger partial charge in [-0.05, 0) is 12.8 Å². The molecule has 1 N–H and O–H groups in total. The molecule has 1 saturated heterocycles. The minimum absolute atomic E-state index is 0.0695. The number of hydrogen-bond donors (Lipinski definition) is 1. The molecule has 1 unspecified atom stereocenters. The second kappa shape index (κ2) is 6.35. The van der Waals surface area contributed by atoms with E-state index in [0.717, 1.165) is 25.7 Å². The molecule has 1 aliphatic carbocycles. The van der Waals surface area contributed by atoms with Crippen LogP contribution in [0.15, 0.2) is 0 Å². The third kappa shape index (κ3) is 3.17. The molecule has 0 aromatic heterocycles. The molecule has 6 heteroatoms. The number of carbonyl (C=O) groups excluding carboxylic acids is 3. The number of nitrogens with zero attached hydrogens (tertiary/aromatic N) is 2.